The van der Waals surface area contributed by atoms with Crippen molar-refractivity contribution in [3.05, 3.63) is 36.0 Å². The molecule has 0 saturated carbocycles. The third-order valence-electron chi connectivity index (χ3n) is 3.29. The Kier molecular flexibility index (Phi) is 6.88. The molecular formula is C15H24N2S. The Morgan fingerprint density at radius 2 is 2.22 bits per heavy atom. The van der Waals surface area contributed by atoms with E-state index in [1.807, 2.05) is 18.8 Å². The predicted octanol–water partition coefficient (Wildman–Crippen LogP) is 3.53. The second-order valence-electron chi connectivity index (χ2n) is 4.43. The summed E-state index contributed by atoms with van der Waals surface area (Å²) in [6.07, 6.45) is 15.4. The lowest BCUT2D eigenvalue weighted by Gasteiger charge is -2.31. The first-order valence-corrected chi connectivity index (χ1v) is 7.75. The second-order valence-corrected chi connectivity index (χ2v) is 5.34. The fourth-order valence-electron chi connectivity index (χ4n) is 1.99. The van der Waals surface area contributed by atoms with E-state index in [9.17, 15) is 0 Å². The smallest absolute Gasteiger partial charge is 0.0956 e. The minimum atomic E-state index is 0.427. The van der Waals surface area contributed by atoms with Gasteiger partial charge in [0.25, 0.3) is 0 Å². The van der Waals surface area contributed by atoms with Gasteiger partial charge in [-0.1, -0.05) is 30.4 Å². The molecule has 1 aliphatic carbocycles. The summed E-state index contributed by atoms with van der Waals surface area (Å²) < 4.78 is 0. The minimum Gasteiger partial charge on any atom is -0.356 e. The molecule has 100 valence electrons. The molecule has 0 aromatic carbocycles. The van der Waals surface area contributed by atoms with E-state index < -0.39 is 0 Å². The molecule has 0 unspecified atom stereocenters. The molecule has 0 aliphatic heterocycles. The first-order valence-electron chi connectivity index (χ1n) is 6.36. The van der Waals surface area contributed by atoms with Gasteiger partial charge in [-0.3, -0.25) is 4.99 Å². The number of amidine groups is 1. The molecule has 0 aromatic heterocycles. The van der Waals surface area contributed by atoms with Crippen LogP contribution in [0, 0.1) is 0 Å². The minimum absolute atomic E-state index is 0.427. The van der Waals surface area contributed by atoms with Gasteiger partial charge in [-0.05, 0) is 31.6 Å². The highest BCUT2D eigenvalue weighted by molar-refractivity contribution is 7.98. The maximum atomic E-state index is 4.30. The van der Waals surface area contributed by atoms with Gasteiger partial charge in [0, 0.05) is 19.8 Å². The summed E-state index contributed by atoms with van der Waals surface area (Å²) in [5.41, 5.74) is 1.46. The van der Waals surface area contributed by atoms with Crippen LogP contribution in [0.25, 0.3) is 0 Å². The van der Waals surface area contributed by atoms with E-state index >= 15 is 0 Å². The third-order valence-corrected chi connectivity index (χ3v) is 3.94. The van der Waals surface area contributed by atoms with E-state index in [0.29, 0.717) is 6.04 Å². The molecule has 0 saturated heterocycles. The molecule has 1 rings (SSSR count). The molecule has 0 heterocycles. The molecule has 0 aromatic rings. The normalized spacial score (nSPS) is 22.7. The molecule has 0 N–H and O–H groups in total. The van der Waals surface area contributed by atoms with Crippen molar-refractivity contribution >= 4 is 17.6 Å². The summed E-state index contributed by atoms with van der Waals surface area (Å²) in [5.74, 6) is 2.18. The van der Waals surface area contributed by atoms with Gasteiger partial charge >= 0.3 is 0 Å². The molecule has 0 spiro atoms. The van der Waals surface area contributed by atoms with E-state index in [2.05, 4.69) is 60.5 Å². The summed E-state index contributed by atoms with van der Waals surface area (Å²) in [7, 11) is 3.99. The first-order chi connectivity index (χ1) is 8.70. The number of thioether (sulfide) groups is 1. The molecule has 3 heteroatoms. The predicted molar refractivity (Wildman–Crippen MR) is 84.6 cm³/mol. The highest BCUT2D eigenvalue weighted by atomic mass is 32.2. The number of aliphatic imine (C=N–C) groups is 1. The van der Waals surface area contributed by atoms with Crippen molar-refractivity contribution in [2.24, 2.45) is 4.99 Å². The topological polar surface area (TPSA) is 15.6 Å². The average Bonchev–Trinajstić information content (AvgIpc) is 2.34. The summed E-state index contributed by atoms with van der Waals surface area (Å²) >= 11 is 1.89. The highest BCUT2D eigenvalue weighted by Gasteiger charge is 2.18. The standard InChI is InChI=1S/C15H24N2S/c1-13(16-2)17(3)15(12-18-4)14-10-8-6-5-7-9-11-14/h6-10,15H,5,11-12H2,1-4H3/b8-6-,9-7?,14-10+,16-13?/t15-/m1/s1. The van der Waals surface area contributed by atoms with Gasteiger partial charge < -0.3 is 4.90 Å². The Morgan fingerprint density at radius 3 is 2.89 bits per heavy atom. The number of allylic oxidation sites excluding steroid dienone is 5. The first kappa shape index (κ1) is 15.1. The number of hydrogen-bond donors (Lipinski definition) is 0. The van der Waals surface area contributed by atoms with Gasteiger partial charge in [-0.2, -0.15) is 11.8 Å². The fraction of sp³-hybridized carbons (Fsp3) is 0.533. The number of hydrogen-bond acceptors (Lipinski definition) is 2. The van der Waals surface area contributed by atoms with Crippen molar-refractivity contribution in [3.63, 3.8) is 0 Å². The molecule has 0 bridgehead atoms. The van der Waals surface area contributed by atoms with Crippen LogP contribution in [0.5, 0.6) is 0 Å². The fourth-order valence-corrected chi connectivity index (χ4v) is 2.74. The van der Waals surface area contributed by atoms with Gasteiger partial charge in [0.2, 0.25) is 0 Å². The Balaban J connectivity index is 2.92. The van der Waals surface area contributed by atoms with Gasteiger partial charge in [0.05, 0.1) is 11.9 Å². The van der Waals surface area contributed by atoms with Crippen LogP contribution in [0.3, 0.4) is 0 Å². The number of nitrogens with zero attached hydrogens (tertiary/aromatic N) is 2. The lowest BCUT2D eigenvalue weighted by molar-refractivity contribution is 0.433. The van der Waals surface area contributed by atoms with Crippen molar-refractivity contribution in [1.29, 1.82) is 0 Å². The highest BCUT2D eigenvalue weighted by Crippen LogP contribution is 2.20. The molecule has 0 amide bonds. The Hall–Kier alpha value is -0.960. The molecule has 0 radical (unpaired) electrons. The summed E-state index contributed by atoms with van der Waals surface area (Å²) in [5, 5.41) is 0. The maximum Gasteiger partial charge on any atom is 0.0956 e. The lowest BCUT2D eigenvalue weighted by atomic mass is 10.0. The van der Waals surface area contributed by atoms with Crippen LogP contribution >= 0.6 is 11.8 Å². The van der Waals surface area contributed by atoms with Crippen molar-refractivity contribution < 1.29 is 0 Å². The van der Waals surface area contributed by atoms with Crippen LogP contribution in [-0.4, -0.2) is 42.9 Å². The lowest BCUT2D eigenvalue weighted by Crippen LogP contribution is -2.38. The van der Waals surface area contributed by atoms with Crippen molar-refractivity contribution in [2.75, 3.05) is 26.1 Å². The molecular weight excluding hydrogens is 240 g/mol. The Morgan fingerprint density at radius 1 is 1.44 bits per heavy atom. The number of likely N-dealkylation sites (N-methyl/N-ethyl adjacent to an activating group) is 1. The van der Waals surface area contributed by atoms with E-state index in [1.165, 1.54) is 5.57 Å². The molecule has 1 aliphatic rings. The van der Waals surface area contributed by atoms with E-state index in [0.717, 1.165) is 24.4 Å². The van der Waals surface area contributed by atoms with Gasteiger partial charge in [0.15, 0.2) is 0 Å². The van der Waals surface area contributed by atoms with Gasteiger partial charge in [-0.15, -0.1) is 0 Å². The molecule has 18 heavy (non-hydrogen) atoms. The maximum absolute atomic E-state index is 4.30. The zero-order valence-electron chi connectivity index (χ0n) is 11.9. The number of rotatable bonds is 4. The zero-order chi connectivity index (χ0) is 13.4. The van der Waals surface area contributed by atoms with Crippen LogP contribution in [0.15, 0.2) is 40.9 Å². The van der Waals surface area contributed by atoms with Crippen LogP contribution in [0.2, 0.25) is 0 Å². The van der Waals surface area contributed by atoms with Crippen molar-refractivity contribution in [3.8, 4) is 0 Å². The molecule has 2 nitrogen and oxygen atoms in total. The molecule has 0 fully saturated rings. The zero-order valence-corrected chi connectivity index (χ0v) is 12.7. The Bertz CT molecular complexity index is 367. The second kappa shape index (κ2) is 8.20. The third kappa shape index (κ3) is 4.37. The SMILES string of the molecule is CN=C(C)N(C)[C@H](CSC)/C1=C/C=C\CC=CC1. The summed E-state index contributed by atoms with van der Waals surface area (Å²) in [4.78, 5) is 6.58. The largest absolute Gasteiger partial charge is 0.356 e. The monoisotopic (exact) mass is 264 g/mol. The van der Waals surface area contributed by atoms with Gasteiger partial charge in [0.1, 0.15) is 0 Å². The van der Waals surface area contributed by atoms with Crippen LogP contribution < -0.4 is 0 Å². The Labute approximate surface area is 116 Å². The summed E-state index contributed by atoms with van der Waals surface area (Å²) in [6, 6.07) is 0.427. The van der Waals surface area contributed by atoms with E-state index in [1.54, 1.807) is 0 Å². The molecule has 1 atom stereocenters. The van der Waals surface area contributed by atoms with Crippen molar-refractivity contribution in [1.82, 2.24) is 4.90 Å². The van der Waals surface area contributed by atoms with Crippen LogP contribution in [-0.2, 0) is 0 Å². The summed E-state index contributed by atoms with van der Waals surface area (Å²) in [6.45, 7) is 2.07. The quantitative estimate of drug-likeness (QED) is 0.438. The van der Waals surface area contributed by atoms with Gasteiger partial charge in [-0.25, -0.2) is 0 Å². The van der Waals surface area contributed by atoms with Crippen LogP contribution in [0.1, 0.15) is 19.8 Å². The average molecular weight is 264 g/mol. The van der Waals surface area contributed by atoms with E-state index in [4.69, 9.17) is 0 Å². The van der Waals surface area contributed by atoms with Crippen LogP contribution in [0.4, 0.5) is 0 Å². The van der Waals surface area contributed by atoms with E-state index in [-0.39, 0.29) is 0 Å². The van der Waals surface area contributed by atoms with Crippen molar-refractivity contribution in [2.45, 2.75) is 25.8 Å².